The lowest BCUT2D eigenvalue weighted by atomic mass is 10.0. The second-order valence-corrected chi connectivity index (χ2v) is 7.83. The van der Waals surface area contributed by atoms with Crippen molar-refractivity contribution >= 4 is 21.8 Å². The molecular formula is C23H19NO4S. The number of hydrogen-bond acceptors (Lipinski definition) is 5. The molecule has 0 aliphatic heterocycles. The van der Waals surface area contributed by atoms with Gasteiger partial charge < -0.3 is 8.92 Å². The van der Waals surface area contributed by atoms with Gasteiger partial charge in [-0.2, -0.15) is 13.7 Å². The Kier molecular flexibility index (Phi) is 6.01. The van der Waals surface area contributed by atoms with Crippen molar-refractivity contribution in [3.63, 3.8) is 0 Å². The Morgan fingerprint density at radius 1 is 0.966 bits per heavy atom. The van der Waals surface area contributed by atoms with Gasteiger partial charge in [-0.05, 0) is 61.0 Å². The molecule has 0 N–H and O–H groups in total. The van der Waals surface area contributed by atoms with E-state index in [9.17, 15) is 13.7 Å². The first-order valence-corrected chi connectivity index (χ1v) is 10.2. The molecule has 0 aromatic heterocycles. The molecule has 0 spiro atoms. The van der Waals surface area contributed by atoms with E-state index in [1.54, 1.807) is 73.8 Å². The van der Waals surface area contributed by atoms with Crippen molar-refractivity contribution in [2.24, 2.45) is 0 Å². The molecule has 0 amide bonds. The van der Waals surface area contributed by atoms with Crippen LogP contribution in [0.2, 0.25) is 0 Å². The highest BCUT2D eigenvalue weighted by molar-refractivity contribution is 7.87. The highest BCUT2D eigenvalue weighted by atomic mass is 32.2. The van der Waals surface area contributed by atoms with Gasteiger partial charge in [0.05, 0.1) is 18.8 Å². The molecule has 0 atom stereocenters. The third kappa shape index (κ3) is 4.84. The fraction of sp³-hybridized carbons (Fsp3) is 0.0870. The maximum atomic E-state index is 12.6. The second-order valence-electron chi connectivity index (χ2n) is 6.29. The summed E-state index contributed by atoms with van der Waals surface area (Å²) < 4.78 is 35.8. The molecule has 5 nitrogen and oxygen atoms in total. The molecule has 3 aromatic rings. The van der Waals surface area contributed by atoms with E-state index in [0.717, 1.165) is 5.56 Å². The summed E-state index contributed by atoms with van der Waals surface area (Å²) >= 11 is 0. The monoisotopic (exact) mass is 405 g/mol. The quantitative estimate of drug-likeness (QED) is 0.333. The molecule has 0 saturated carbocycles. The Hall–Kier alpha value is -3.56. The molecule has 146 valence electrons. The second kappa shape index (κ2) is 8.63. The summed E-state index contributed by atoms with van der Waals surface area (Å²) in [7, 11) is -2.43. The minimum Gasteiger partial charge on any atom is -0.497 e. The van der Waals surface area contributed by atoms with E-state index in [2.05, 4.69) is 6.07 Å². The molecule has 6 heteroatoms. The van der Waals surface area contributed by atoms with Crippen molar-refractivity contribution in [2.75, 3.05) is 7.11 Å². The van der Waals surface area contributed by atoms with Crippen LogP contribution in [0.4, 0.5) is 0 Å². The molecule has 0 aliphatic rings. The van der Waals surface area contributed by atoms with Crippen molar-refractivity contribution in [1.82, 2.24) is 0 Å². The summed E-state index contributed by atoms with van der Waals surface area (Å²) in [4.78, 5) is 0.0672. The average molecular weight is 405 g/mol. The zero-order valence-corrected chi connectivity index (χ0v) is 16.8. The number of ether oxygens (including phenoxy) is 1. The molecule has 0 radical (unpaired) electrons. The van der Waals surface area contributed by atoms with Gasteiger partial charge >= 0.3 is 10.1 Å². The van der Waals surface area contributed by atoms with Crippen LogP contribution >= 0.6 is 0 Å². The van der Waals surface area contributed by atoms with E-state index in [1.807, 2.05) is 6.92 Å². The number of nitriles is 1. The van der Waals surface area contributed by atoms with E-state index in [1.165, 1.54) is 12.1 Å². The summed E-state index contributed by atoms with van der Waals surface area (Å²) in [5.74, 6) is 0.827. The standard InChI is InChI=1S/C23H19NO4S/c1-17-7-13-22(14-8-17)29(25,26)28-23-6-4-3-5-19(23)15-20(16-24)18-9-11-21(27-2)12-10-18/h3-15H,1-2H3/b20-15+. The Bertz CT molecular complexity index is 1170. The van der Waals surface area contributed by atoms with Crippen molar-refractivity contribution in [3.05, 3.63) is 89.5 Å². The van der Waals surface area contributed by atoms with E-state index in [4.69, 9.17) is 8.92 Å². The van der Waals surface area contributed by atoms with Gasteiger partial charge in [0, 0.05) is 5.56 Å². The summed E-state index contributed by atoms with van der Waals surface area (Å²) in [5, 5.41) is 9.59. The molecule has 29 heavy (non-hydrogen) atoms. The van der Waals surface area contributed by atoms with Crippen LogP contribution in [0.1, 0.15) is 16.7 Å². The van der Waals surface area contributed by atoms with Crippen molar-refractivity contribution in [2.45, 2.75) is 11.8 Å². The van der Waals surface area contributed by atoms with Gasteiger partial charge in [-0.25, -0.2) is 0 Å². The van der Waals surface area contributed by atoms with Crippen LogP contribution in [0.5, 0.6) is 11.5 Å². The number of para-hydroxylation sites is 1. The fourth-order valence-corrected chi connectivity index (χ4v) is 3.61. The minimum atomic E-state index is -4.00. The smallest absolute Gasteiger partial charge is 0.339 e. The lowest BCUT2D eigenvalue weighted by molar-refractivity contribution is 0.415. The van der Waals surface area contributed by atoms with Crippen LogP contribution in [0.25, 0.3) is 11.6 Å². The topological polar surface area (TPSA) is 76.4 Å². The van der Waals surface area contributed by atoms with Crippen LogP contribution in [0.15, 0.2) is 77.7 Å². The van der Waals surface area contributed by atoms with Crippen molar-refractivity contribution in [3.8, 4) is 17.6 Å². The number of nitrogens with zero attached hydrogens (tertiary/aromatic N) is 1. The Labute approximate surface area is 170 Å². The molecule has 0 bridgehead atoms. The van der Waals surface area contributed by atoms with E-state index < -0.39 is 10.1 Å². The maximum Gasteiger partial charge on any atom is 0.339 e. The lowest BCUT2D eigenvalue weighted by Crippen LogP contribution is -2.10. The highest BCUT2D eigenvalue weighted by Gasteiger charge is 2.18. The highest BCUT2D eigenvalue weighted by Crippen LogP contribution is 2.28. The normalized spacial score (nSPS) is 11.6. The third-order valence-electron chi connectivity index (χ3n) is 4.25. The van der Waals surface area contributed by atoms with Crippen LogP contribution < -0.4 is 8.92 Å². The maximum absolute atomic E-state index is 12.6. The molecule has 3 rings (SSSR count). The van der Waals surface area contributed by atoms with Gasteiger partial charge in [-0.3, -0.25) is 0 Å². The van der Waals surface area contributed by atoms with Crippen LogP contribution in [0.3, 0.4) is 0 Å². The Morgan fingerprint density at radius 3 is 2.24 bits per heavy atom. The zero-order chi connectivity index (χ0) is 20.9. The zero-order valence-electron chi connectivity index (χ0n) is 16.0. The van der Waals surface area contributed by atoms with Crippen LogP contribution in [-0.2, 0) is 10.1 Å². The van der Waals surface area contributed by atoms with E-state index >= 15 is 0 Å². The number of rotatable bonds is 6. The van der Waals surface area contributed by atoms with Gasteiger partial charge in [0.2, 0.25) is 0 Å². The van der Waals surface area contributed by atoms with Crippen LogP contribution in [-0.4, -0.2) is 15.5 Å². The summed E-state index contributed by atoms with van der Waals surface area (Å²) in [6.45, 7) is 1.87. The molecule has 0 saturated heterocycles. The third-order valence-corrected chi connectivity index (χ3v) is 5.50. The number of aryl methyl sites for hydroxylation is 1. The average Bonchev–Trinajstić information content (AvgIpc) is 2.73. The van der Waals surface area contributed by atoms with E-state index in [-0.39, 0.29) is 10.6 Å². The first kappa shape index (κ1) is 20.2. The Balaban J connectivity index is 1.96. The van der Waals surface area contributed by atoms with Gasteiger partial charge in [0.1, 0.15) is 16.4 Å². The van der Waals surface area contributed by atoms with Crippen molar-refractivity contribution in [1.29, 1.82) is 5.26 Å². The molecular weight excluding hydrogens is 386 g/mol. The first-order chi connectivity index (χ1) is 13.9. The van der Waals surface area contributed by atoms with Gasteiger partial charge in [-0.15, -0.1) is 0 Å². The largest absolute Gasteiger partial charge is 0.497 e. The molecule has 0 fully saturated rings. The van der Waals surface area contributed by atoms with Gasteiger partial charge in [0.25, 0.3) is 0 Å². The summed E-state index contributed by atoms with van der Waals surface area (Å²) in [5.41, 5.74) is 2.49. The van der Waals surface area contributed by atoms with Gasteiger partial charge in [0.15, 0.2) is 0 Å². The molecule has 0 unspecified atom stereocenters. The number of benzene rings is 3. The van der Waals surface area contributed by atoms with E-state index in [0.29, 0.717) is 22.4 Å². The first-order valence-electron chi connectivity index (χ1n) is 8.79. The SMILES string of the molecule is COc1ccc(/C(C#N)=C/c2ccccc2OS(=O)(=O)c2ccc(C)cc2)cc1. The number of allylic oxidation sites excluding steroid dienone is 1. The molecule has 0 aliphatic carbocycles. The fourth-order valence-electron chi connectivity index (χ4n) is 2.65. The summed E-state index contributed by atoms with van der Waals surface area (Å²) in [6, 6.07) is 22.3. The minimum absolute atomic E-state index is 0.0672. The Morgan fingerprint density at radius 2 is 1.62 bits per heavy atom. The van der Waals surface area contributed by atoms with Crippen molar-refractivity contribution < 1.29 is 17.3 Å². The predicted octanol–water partition coefficient (Wildman–Crippen LogP) is 4.84. The van der Waals surface area contributed by atoms with Gasteiger partial charge in [-0.1, -0.05) is 35.9 Å². The summed E-state index contributed by atoms with van der Waals surface area (Å²) in [6.07, 6.45) is 1.60. The van der Waals surface area contributed by atoms with Crippen LogP contribution in [0, 0.1) is 18.3 Å². The lowest BCUT2D eigenvalue weighted by Gasteiger charge is -2.10. The molecule has 3 aromatic carbocycles. The predicted molar refractivity (Wildman–Crippen MR) is 112 cm³/mol. The number of methoxy groups -OCH3 is 1. The number of hydrogen-bond donors (Lipinski definition) is 0. The molecule has 0 heterocycles.